The number of carbonyl (C=O) groups is 2. The van der Waals surface area contributed by atoms with Gasteiger partial charge >= 0.3 is 5.97 Å². The van der Waals surface area contributed by atoms with E-state index < -0.39 is 11.8 Å². The Hall–Kier alpha value is -2.95. The molecule has 5 heteroatoms. The van der Waals surface area contributed by atoms with Crippen molar-refractivity contribution in [2.24, 2.45) is 0 Å². The zero-order valence-corrected chi connectivity index (χ0v) is 12.9. The molecule has 0 unspecified atom stereocenters. The van der Waals surface area contributed by atoms with Crippen LogP contribution in [-0.4, -0.2) is 27.7 Å². The normalized spacial score (nSPS) is 10.7. The van der Waals surface area contributed by atoms with Crippen LogP contribution >= 0.6 is 0 Å². The van der Waals surface area contributed by atoms with Crippen molar-refractivity contribution in [2.45, 2.75) is 13.8 Å². The van der Waals surface area contributed by atoms with Gasteiger partial charge in [-0.3, -0.25) is 9.20 Å². The van der Waals surface area contributed by atoms with E-state index >= 15 is 0 Å². The van der Waals surface area contributed by atoms with Crippen LogP contribution in [-0.2, 0) is 9.53 Å². The van der Waals surface area contributed by atoms with E-state index in [1.165, 1.54) is 0 Å². The zero-order valence-electron chi connectivity index (χ0n) is 12.9. The molecule has 2 aromatic heterocycles. The Kier molecular flexibility index (Phi) is 3.93. The van der Waals surface area contributed by atoms with Crippen molar-refractivity contribution < 1.29 is 14.3 Å². The van der Waals surface area contributed by atoms with E-state index in [0.29, 0.717) is 11.3 Å². The number of aromatic nitrogens is 2. The van der Waals surface area contributed by atoms with E-state index in [0.717, 1.165) is 11.1 Å². The van der Waals surface area contributed by atoms with Crippen molar-refractivity contribution >= 4 is 17.4 Å². The third-order valence-electron chi connectivity index (χ3n) is 3.49. The molecule has 0 atom stereocenters. The van der Waals surface area contributed by atoms with Crippen molar-refractivity contribution in [2.75, 3.05) is 6.61 Å². The van der Waals surface area contributed by atoms with Crippen LogP contribution in [0.4, 0.5) is 0 Å². The average Bonchev–Trinajstić information content (AvgIpc) is 2.93. The number of carbonyl (C=O) groups excluding carboxylic acids is 2. The Balaban J connectivity index is 2.25. The zero-order chi connectivity index (χ0) is 16.4. The summed E-state index contributed by atoms with van der Waals surface area (Å²) in [7, 11) is 0. The Morgan fingerprint density at radius 3 is 2.57 bits per heavy atom. The molecule has 2 heterocycles. The topological polar surface area (TPSA) is 60.7 Å². The minimum atomic E-state index is -0.868. The molecule has 5 nitrogen and oxygen atoms in total. The maximum Gasteiger partial charge on any atom is 0.381 e. The maximum absolute atomic E-state index is 12.6. The summed E-state index contributed by atoms with van der Waals surface area (Å²) in [4.78, 5) is 29.0. The van der Waals surface area contributed by atoms with Crippen LogP contribution in [0.2, 0.25) is 0 Å². The number of imidazole rings is 1. The maximum atomic E-state index is 12.6. The summed E-state index contributed by atoms with van der Waals surface area (Å²) < 4.78 is 6.52. The van der Waals surface area contributed by atoms with E-state index in [9.17, 15) is 9.59 Å². The summed E-state index contributed by atoms with van der Waals surface area (Å²) in [6.07, 6.45) is 1.79. The molecule has 0 fully saturated rings. The molecule has 3 rings (SSSR count). The summed E-state index contributed by atoms with van der Waals surface area (Å²) in [5, 5.41) is 0. The molecule has 0 aliphatic carbocycles. The van der Waals surface area contributed by atoms with E-state index in [1.54, 1.807) is 17.5 Å². The largest absolute Gasteiger partial charge is 0.460 e. The highest BCUT2D eigenvalue weighted by molar-refractivity contribution is 6.41. The van der Waals surface area contributed by atoms with Gasteiger partial charge in [-0.15, -0.1) is 0 Å². The Labute approximate surface area is 133 Å². The number of esters is 1. The minimum Gasteiger partial charge on any atom is -0.460 e. The number of ether oxygens (including phenoxy) is 1. The smallest absolute Gasteiger partial charge is 0.381 e. The molecule has 3 aromatic rings. The van der Waals surface area contributed by atoms with Crippen molar-refractivity contribution in [3.8, 4) is 11.3 Å². The predicted molar refractivity (Wildman–Crippen MR) is 86.3 cm³/mol. The van der Waals surface area contributed by atoms with Crippen molar-refractivity contribution in [3.63, 3.8) is 0 Å². The number of fused-ring (bicyclic) bond motifs is 1. The van der Waals surface area contributed by atoms with Crippen molar-refractivity contribution in [1.82, 2.24) is 9.38 Å². The van der Waals surface area contributed by atoms with Gasteiger partial charge in [0.05, 0.1) is 6.61 Å². The van der Waals surface area contributed by atoms with E-state index in [4.69, 9.17) is 4.74 Å². The molecule has 0 aliphatic heterocycles. The monoisotopic (exact) mass is 308 g/mol. The number of hydrogen-bond donors (Lipinski definition) is 0. The van der Waals surface area contributed by atoms with Gasteiger partial charge in [0.25, 0.3) is 5.78 Å². The number of Topliss-reactive ketones (excluding diaryl/α,β-unsaturated/α-hetero) is 1. The first-order valence-electron chi connectivity index (χ1n) is 7.37. The lowest BCUT2D eigenvalue weighted by atomic mass is 10.1. The third kappa shape index (κ3) is 2.73. The fraction of sp³-hybridized carbons (Fsp3) is 0.167. The first-order valence-corrected chi connectivity index (χ1v) is 7.37. The fourth-order valence-electron chi connectivity index (χ4n) is 2.46. The number of rotatable bonds is 4. The second-order valence-electron chi connectivity index (χ2n) is 5.16. The number of ketones is 1. The van der Waals surface area contributed by atoms with Gasteiger partial charge in [0.15, 0.2) is 0 Å². The highest BCUT2D eigenvalue weighted by atomic mass is 16.5. The lowest BCUT2D eigenvalue weighted by Gasteiger charge is -2.05. The fourth-order valence-corrected chi connectivity index (χ4v) is 2.46. The van der Waals surface area contributed by atoms with Gasteiger partial charge in [-0.25, -0.2) is 9.78 Å². The second-order valence-corrected chi connectivity index (χ2v) is 5.16. The molecular formula is C18H16N2O3. The molecular weight excluding hydrogens is 292 g/mol. The SMILES string of the molecule is CCOC(=O)C(=O)c1c(-c2ccccc2)nc2ccc(C)cn12. The van der Waals surface area contributed by atoms with Gasteiger partial charge in [-0.2, -0.15) is 0 Å². The van der Waals surface area contributed by atoms with Crippen LogP contribution in [0.5, 0.6) is 0 Å². The molecule has 0 spiro atoms. The Morgan fingerprint density at radius 1 is 1.13 bits per heavy atom. The standard InChI is InChI=1S/C18H16N2O3/c1-3-23-18(22)17(21)16-15(13-7-5-4-6-8-13)19-14-10-9-12(2)11-20(14)16/h4-11H,3H2,1-2H3. The molecule has 0 bridgehead atoms. The van der Waals surface area contributed by atoms with E-state index in [2.05, 4.69) is 4.98 Å². The molecule has 1 aromatic carbocycles. The first-order chi connectivity index (χ1) is 11.1. The summed E-state index contributed by atoms with van der Waals surface area (Å²) in [6, 6.07) is 13.1. The van der Waals surface area contributed by atoms with Crippen molar-refractivity contribution in [3.05, 3.63) is 59.9 Å². The summed E-state index contributed by atoms with van der Waals surface area (Å²) in [5.41, 5.74) is 3.07. The predicted octanol–water partition coefficient (Wildman–Crippen LogP) is 3.06. The average molecular weight is 308 g/mol. The first kappa shape index (κ1) is 15.0. The van der Waals surface area contributed by atoms with Crippen LogP contribution < -0.4 is 0 Å². The third-order valence-corrected chi connectivity index (χ3v) is 3.49. The molecule has 0 amide bonds. The number of pyridine rings is 1. The molecule has 116 valence electrons. The second kappa shape index (κ2) is 6.04. The lowest BCUT2D eigenvalue weighted by molar-refractivity contribution is -0.137. The van der Waals surface area contributed by atoms with Crippen LogP contribution in [0.25, 0.3) is 16.9 Å². The van der Waals surface area contributed by atoms with Gasteiger partial charge in [0.2, 0.25) is 0 Å². The van der Waals surface area contributed by atoms with Gasteiger partial charge < -0.3 is 4.74 Å². The Morgan fingerprint density at radius 2 is 1.87 bits per heavy atom. The molecule has 0 saturated heterocycles. The van der Waals surface area contributed by atoms with Crippen LogP contribution in [0, 0.1) is 6.92 Å². The van der Waals surface area contributed by atoms with Crippen molar-refractivity contribution in [1.29, 1.82) is 0 Å². The minimum absolute atomic E-state index is 0.154. The number of benzene rings is 1. The van der Waals surface area contributed by atoms with E-state index in [-0.39, 0.29) is 12.3 Å². The van der Waals surface area contributed by atoms with Crippen LogP contribution in [0.3, 0.4) is 0 Å². The van der Waals surface area contributed by atoms with Gasteiger partial charge in [0.1, 0.15) is 17.0 Å². The highest BCUT2D eigenvalue weighted by Gasteiger charge is 2.27. The van der Waals surface area contributed by atoms with Gasteiger partial charge in [0, 0.05) is 11.8 Å². The molecule has 0 saturated carbocycles. The number of nitrogens with zero attached hydrogens (tertiary/aromatic N) is 2. The van der Waals surface area contributed by atoms with Gasteiger partial charge in [-0.1, -0.05) is 36.4 Å². The summed E-state index contributed by atoms with van der Waals surface area (Å²) in [6.45, 7) is 3.74. The molecule has 0 N–H and O–H groups in total. The molecule has 23 heavy (non-hydrogen) atoms. The van der Waals surface area contributed by atoms with Gasteiger partial charge in [-0.05, 0) is 25.5 Å². The highest BCUT2D eigenvalue weighted by Crippen LogP contribution is 2.25. The molecule has 0 aliphatic rings. The molecule has 0 radical (unpaired) electrons. The summed E-state index contributed by atoms with van der Waals surface area (Å²) >= 11 is 0. The van der Waals surface area contributed by atoms with Crippen LogP contribution in [0.15, 0.2) is 48.7 Å². The lowest BCUT2D eigenvalue weighted by Crippen LogP contribution is -2.20. The Bertz CT molecular complexity index is 882. The van der Waals surface area contributed by atoms with E-state index in [1.807, 2.05) is 49.4 Å². The van der Waals surface area contributed by atoms with Crippen LogP contribution in [0.1, 0.15) is 23.0 Å². The number of aryl methyl sites for hydroxylation is 1. The number of hydrogen-bond acceptors (Lipinski definition) is 4. The summed E-state index contributed by atoms with van der Waals surface area (Å²) in [5.74, 6) is -1.56. The quantitative estimate of drug-likeness (QED) is 0.422.